The molecular weight excluding hydrogens is 214 g/mol. The van der Waals surface area contributed by atoms with E-state index in [1.165, 1.54) is 0 Å². The van der Waals surface area contributed by atoms with Gasteiger partial charge in [0.05, 0.1) is 5.56 Å². The van der Waals surface area contributed by atoms with Gasteiger partial charge < -0.3 is 9.64 Å². The van der Waals surface area contributed by atoms with Crippen molar-refractivity contribution in [1.29, 1.82) is 0 Å². The summed E-state index contributed by atoms with van der Waals surface area (Å²) < 4.78 is 5.27. The second-order valence-electron chi connectivity index (χ2n) is 4.37. The second kappa shape index (κ2) is 4.62. The number of hydrogen-bond donors (Lipinski definition) is 0. The van der Waals surface area contributed by atoms with Crippen molar-refractivity contribution in [1.82, 2.24) is 0 Å². The number of benzene rings is 1. The summed E-state index contributed by atoms with van der Waals surface area (Å²) in [4.78, 5) is 13.7. The van der Waals surface area contributed by atoms with Crippen molar-refractivity contribution in [3.63, 3.8) is 0 Å². The highest BCUT2D eigenvalue weighted by atomic mass is 16.5. The number of fused-ring (bicyclic) bond motifs is 1. The Balaban J connectivity index is 2.43. The molecule has 0 bridgehead atoms. The van der Waals surface area contributed by atoms with Crippen LogP contribution in [0.2, 0.25) is 0 Å². The maximum atomic E-state index is 11.6. The van der Waals surface area contributed by atoms with E-state index in [2.05, 4.69) is 6.92 Å². The molecule has 1 aliphatic heterocycles. The lowest BCUT2D eigenvalue weighted by molar-refractivity contribution is 0.0715. The van der Waals surface area contributed by atoms with E-state index in [0.717, 1.165) is 24.1 Å². The Bertz CT molecular complexity index is 475. The summed E-state index contributed by atoms with van der Waals surface area (Å²) in [6, 6.07) is 5.77. The Morgan fingerprint density at radius 3 is 2.71 bits per heavy atom. The quantitative estimate of drug-likeness (QED) is 0.749. The van der Waals surface area contributed by atoms with Gasteiger partial charge in [-0.1, -0.05) is 13.3 Å². The largest absolute Gasteiger partial charge is 0.423 e. The third-order valence-corrected chi connectivity index (χ3v) is 2.83. The van der Waals surface area contributed by atoms with E-state index in [-0.39, 0.29) is 5.97 Å². The summed E-state index contributed by atoms with van der Waals surface area (Å²) in [5.41, 5.74) is 2.65. The van der Waals surface area contributed by atoms with Crippen molar-refractivity contribution in [3.05, 3.63) is 35.4 Å². The van der Waals surface area contributed by atoms with Gasteiger partial charge in [0, 0.05) is 25.3 Å². The first kappa shape index (κ1) is 11.7. The first-order chi connectivity index (χ1) is 8.13. The molecule has 0 radical (unpaired) electrons. The molecule has 1 aromatic rings. The summed E-state index contributed by atoms with van der Waals surface area (Å²) in [7, 11) is 3.96. The van der Waals surface area contributed by atoms with Gasteiger partial charge in [0.1, 0.15) is 5.76 Å². The summed E-state index contributed by atoms with van der Waals surface area (Å²) in [5, 5.41) is 0. The molecule has 0 spiro atoms. The zero-order valence-corrected chi connectivity index (χ0v) is 10.5. The van der Waals surface area contributed by atoms with Crippen LogP contribution in [0.15, 0.2) is 24.3 Å². The molecule has 1 aromatic carbocycles. The van der Waals surface area contributed by atoms with Crippen molar-refractivity contribution in [2.75, 3.05) is 19.0 Å². The van der Waals surface area contributed by atoms with Crippen LogP contribution in [-0.4, -0.2) is 20.1 Å². The fourth-order valence-corrected chi connectivity index (χ4v) is 1.83. The van der Waals surface area contributed by atoms with Crippen molar-refractivity contribution in [2.24, 2.45) is 0 Å². The molecule has 0 saturated heterocycles. The van der Waals surface area contributed by atoms with Crippen molar-refractivity contribution in [2.45, 2.75) is 19.8 Å². The number of cyclic esters (lactones) is 1. The van der Waals surface area contributed by atoms with E-state index in [1.807, 2.05) is 43.3 Å². The fraction of sp³-hybridized carbons (Fsp3) is 0.357. The smallest absolute Gasteiger partial charge is 0.344 e. The number of unbranched alkanes of at least 4 members (excludes halogenated alkanes) is 1. The molecule has 0 N–H and O–H groups in total. The summed E-state index contributed by atoms with van der Waals surface area (Å²) in [6.07, 6.45) is 3.96. The minimum Gasteiger partial charge on any atom is -0.423 e. The van der Waals surface area contributed by atoms with Gasteiger partial charge in [-0.3, -0.25) is 0 Å². The molecule has 0 unspecified atom stereocenters. The molecule has 0 fully saturated rings. The van der Waals surface area contributed by atoms with Gasteiger partial charge in [0.2, 0.25) is 0 Å². The number of carbonyl (C=O) groups excluding carboxylic acids is 1. The number of anilines is 1. The first-order valence-corrected chi connectivity index (χ1v) is 5.87. The van der Waals surface area contributed by atoms with Gasteiger partial charge >= 0.3 is 5.97 Å². The second-order valence-corrected chi connectivity index (χ2v) is 4.37. The molecule has 90 valence electrons. The molecule has 0 saturated carbocycles. The number of hydrogen-bond acceptors (Lipinski definition) is 3. The normalized spacial score (nSPS) is 15.9. The van der Waals surface area contributed by atoms with Crippen LogP contribution in [0.1, 0.15) is 35.7 Å². The molecule has 0 amide bonds. The maximum absolute atomic E-state index is 11.6. The van der Waals surface area contributed by atoms with E-state index in [0.29, 0.717) is 11.3 Å². The zero-order chi connectivity index (χ0) is 12.4. The number of ether oxygens (including phenoxy) is 1. The monoisotopic (exact) mass is 231 g/mol. The molecule has 0 atom stereocenters. The number of nitrogens with zero attached hydrogens (tertiary/aromatic N) is 1. The van der Waals surface area contributed by atoms with Crippen LogP contribution < -0.4 is 4.90 Å². The van der Waals surface area contributed by atoms with Crippen LogP contribution in [0.25, 0.3) is 5.76 Å². The Morgan fingerprint density at radius 2 is 2.06 bits per heavy atom. The number of allylic oxidation sites excluding steroid dienone is 1. The molecule has 1 aliphatic rings. The highest BCUT2D eigenvalue weighted by Gasteiger charge is 2.26. The van der Waals surface area contributed by atoms with Crippen LogP contribution in [0.5, 0.6) is 0 Å². The van der Waals surface area contributed by atoms with Gasteiger partial charge in [0.25, 0.3) is 0 Å². The van der Waals surface area contributed by atoms with Crippen LogP contribution in [0, 0.1) is 0 Å². The van der Waals surface area contributed by atoms with Crippen molar-refractivity contribution in [3.8, 4) is 0 Å². The SMILES string of the molecule is CCC/C=C1\OC(=O)c2ccc(N(C)C)cc21. The Morgan fingerprint density at radius 1 is 1.29 bits per heavy atom. The lowest BCUT2D eigenvalue weighted by atomic mass is 10.1. The van der Waals surface area contributed by atoms with Crippen LogP contribution >= 0.6 is 0 Å². The molecule has 1 heterocycles. The lowest BCUT2D eigenvalue weighted by Gasteiger charge is -2.12. The molecule has 2 rings (SSSR count). The average molecular weight is 231 g/mol. The average Bonchev–Trinajstić information content (AvgIpc) is 2.63. The molecule has 0 aromatic heterocycles. The highest BCUT2D eigenvalue weighted by molar-refractivity contribution is 6.03. The first-order valence-electron chi connectivity index (χ1n) is 5.87. The van der Waals surface area contributed by atoms with Crippen LogP contribution in [0.4, 0.5) is 5.69 Å². The van der Waals surface area contributed by atoms with E-state index in [9.17, 15) is 4.79 Å². The van der Waals surface area contributed by atoms with E-state index < -0.39 is 0 Å². The third-order valence-electron chi connectivity index (χ3n) is 2.83. The van der Waals surface area contributed by atoms with Gasteiger partial charge in [-0.05, 0) is 30.7 Å². The minimum atomic E-state index is -0.243. The highest BCUT2D eigenvalue weighted by Crippen LogP contribution is 2.32. The summed E-state index contributed by atoms with van der Waals surface area (Å²) >= 11 is 0. The topological polar surface area (TPSA) is 29.5 Å². The Kier molecular flexibility index (Phi) is 3.18. The van der Waals surface area contributed by atoms with Crippen LogP contribution in [0.3, 0.4) is 0 Å². The maximum Gasteiger partial charge on any atom is 0.344 e. The molecule has 17 heavy (non-hydrogen) atoms. The van der Waals surface area contributed by atoms with Crippen molar-refractivity contribution < 1.29 is 9.53 Å². The van der Waals surface area contributed by atoms with E-state index in [4.69, 9.17) is 4.74 Å². The fourth-order valence-electron chi connectivity index (χ4n) is 1.83. The number of rotatable bonds is 3. The molecule has 0 aliphatic carbocycles. The van der Waals surface area contributed by atoms with E-state index in [1.54, 1.807) is 0 Å². The Hall–Kier alpha value is -1.77. The lowest BCUT2D eigenvalue weighted by Crippen LogP contribution is -2.08. The third kappa shape index (κ3) is 2.18. The van der Waals surface area contributed by atoms with Gasteiger partial charge in [-0.25, -0.2) is 4.79 Å². The minimum absolute atomic E-state index is 0.243. The summed E-state index contributed by atoms with van der Waals surface area (Å²) in [6.45, 7) is 2.10. The van der Waals surface area contributed by atoms with E-state index >= 15 is 0 Å². The Labute approximate surface area is 102 Å². The van der Waals surface area contributed by atoms with Gasteiger partial charge in [-0.2, -0.15) is 0 Å². The number of carbonyl (C=O) groups is 1. The molecular formula is C14H17NO2. The molecule has 3 heteroatoms. The van der Waals surface area contributed by atoms with Gasteiger partial charge in [-0.15, -0.1) is 0 Å². The van der Waals surface area contributed by atoms with Crippen LogP contribution in [-0.2, 0) is 4.74 Å². The predicted molar refractivity (Wildman–Crippen MR) is 69.1 cm³/mol. The zero-order valence-electron chi connectivity index (χ0n) is 10.5. The standard InChI is InChI=1S/C14H17NO2/c1-4-5-6-13-12-9-10(15(2)3)7-8-11(12)14(16)17-13/h6-9H,4-5H2,1-3H3/b13-6-. The van der Waals surface area contributed by atoms with Gasteiger partial charge in [0.15, 0.2) is 0 Å². The molecule has 3 nitrogen and oxygen atoms in total. The predicted octanol–water partition coefficient (Wildman–Crippen LogP) is 3.06. The number of esters is 1. The summed E-state index contributed by atoms with van der Waals surface area (Å²) in [5.74, 6) is 0.461. The van der Waals surface area contributed by atoms with Crippen molar-refractivity contribution >= 4 is 17.4 Å².